The molecule has 0 radical (unpaired) electrons. The zero-order chi connectivity index (χ0) is 17.2. The minimum absolute atomic E-state index is 0.0444. The van der Waals surface area contributed by atoms with Crippen LogP contribution >= 0.6 is 0 Å². The topological polar surface area (TPSA) is 64.8 Å². The first-order valence-corrected chi connectivity index (χ1v) is 7.42. The molecule has 5 nitrogen and oxygen atoms in total. The van der Waals surface area contributed by atoms with Crippen molar-refractivity contribution >= 4 is 5.91 Å². The van der Waals surface area contributed by atoms with Gasteiger partial charge in [0, 0.05) is 24.7 Å². The van der Waals surface area contributed by atoms with Crippen molar-refractivity contribution in [3.63, 3.8) is 0 Å². The van der Waals surface area contributed by atoms with Crippen LogP contribution in [-0.2, 0) is 0 Å². The molecular weight excluding hydrogens is 306 g/mol. The SMILES string of the molecule is COc1cc(C(=O)N2CCC(N)C(C)(C)C2)ccc1OC(F)F. The highest BCUT2D eigenvalue weighted by molar-refractivity contribution is 5.95. The zero-order valence-corrected chi connectivity index (χ0v) is 13.5. The second-order valence-corrected chi connectivity index (χ2v) is 6.35. The molecule has 2 rings (SSSR count). The van der Waals surface area contributed by atoms with Crippen LogP contribution in [-0.4, -0.2) is 43.7 Å². The lowest BCUT2D eigenvalue weighted by molar-refractivity contribution is -0.0512. The molecule has 1 aromatic rings. The molecule has 1 unspecified atom stereocenters. The number of ether oxygens (including phenoxy) is 2. The summed E-state index contributed by atoms with van der Waals surface area (Å²) in [4.78, 5) is 14.4. The van der Waals surface area contributed by atoms with Crippen molar-refractivity contribution in [3.8, 4) is 11.5 Å². The molecule has 2 N–H and O–H groups in total. The lowest BCUT2D eigenvalue weighted by Gasteiger charge is -2.42. The van der Waals surface area contributed by atoms with Gasteiger partial charge in [0.1, 0.15) is 0 Å². The Labute approximate surface area is 134 Å². The number of hydrogen-bond acceptors (Lipinski definition) is 4. The average molecular weight is 328 g/mol. The first-order chi connectivity index (χ1) is 10.7. The van der Waals surface area contributed by atoms with E-state index in [0.717, 1.165) is 6.42 Å². The molecule has 0 bridgehead atoms. The number of likely N-dealkylation sites (tertiary alicyclic amines) is 1. The minimum Gasteiger partial charge on any atom is -0.493 e. The van der Waals surface area contributed by atoms with Gasteiger partial charge in [-0.15, -0.1) is 0 Å². The molecule has 7 heteroatoms. The molecule has 1 amide bonds. The Hall–Kier alpha value is -1.89. The summed E-state index contributed by atoms with van der Waals surface area (Å²) in [6.45, 7) is 2.22. The monoisotopic (exact) mass is 328 g/mol. The van der Waals surface area contributed by atoms with Crippen LogP contribution in [0.15, 0.2) is 18.2 Å². The van der Waals surface area contributed by atoms with E-state index in [1.807, 2.05) is 13.8 Å². The van der Waals surface area contributed by atoms with Gasteiger partial charge in [-0.05, 0) is 30.0 Å². The lowest BCUT2D eigenvalue weighted by atomic mass is 9.79. The third-order valence-corrected chi connectivity index (χ3v) is 4.23. The van der Waals surface area contributed by atoms with Crippen molar-refractivity contribution in [2.24, 2.45) is 11.1 Å². The fourth-order valence-corrected chi connectivity index (χ4v) is 2.72. The Bertz CT molecular complexity index is 578. The summed E-state index contributed by atoms with van der Waals surface area (Å²) < 4.78 is 34.1. The number of benzene rings is 1. The van der Waals surface area contributed by atoms with Gasteiger partial charge in [-0.3, -0.25) is 4.79 Å². The Morgan fingerprint density at radius 1 is 1.39 bits per heavy atom. The Morgan fingerprint density at radius 3 is 2.65 bits per heavy atom. The Kier molecular flexibility index (Phi) is 5.09. The Morgan fingerprint density at radius 2 is 2.09 bits per heavy atom. The van der Waals surface area contributed by atoms with Gasteiger partial charge < -0.3 is 20.1 Å². The summed E-state index contributed by atoms with van der Waals surface area (Å²) in [6.07, 6.45) is 0.725. The van der Waals surface area contributed by atoms with Crippen molar-refractivity contribution in [3.05, 3.63) is 23.8 Å². The lowest BCUT2D eigenvalue weighted by Crippen LogP contribution is -2.54. The highest BCUT2D eigenvalue weighted by Gasteiger charge is 2.35. The fourth-order valence-electron chi connectivity index (χ4n) is 2.72. The van der Waals surface area contributed by atoms with E-state index in [4.69, 9.17) is 10.5 Å². The predicted octanol–water partition coefficient (Wildman–Crippen LogP) is 2.50. The molecule has 1 aliphatic heterocycles. The van der Waals surface area contributed by atoms with E-state index in [9.17, 15) is 13.6 Å². The van der Waals surface area contributed by atoms with Crippen LogP contribution in [0.1, 0.15) is 30.6 Å². The highest BCUT2D eigenvalue weighted by Crippen LogP contribution is 2.32. The van der Waals surface area contributed by atoms with Crippen molar-refractivity contribution in [1.82, 2.24) is 4.90 Å². The number of carbonyl (C=O) groups excluding carboxylic acids is 1. The third kappa shape index (κ3) is 3.90. The van der Waals surface area contributed by atoms with Crippen LogP contribution in [0.5, 0.6) is 11.5 Å². The summed E-state index contributed by atoms with van der Waals surface area (Å²) in [5.41, 5.74) is 6.28. The normalized spacial score (nSPS) is 20.5. The molecule has 1 aliphatic rings. The van der Waals surface area contributed by atoms with E-state index < -0.39 is 6.61 Å². The first kappa shape index (κ1) is 17.5. The number of nitrogens with two attached hydrogens (primary N) is 1. The van der Waals surface area contributed by atoms with Gasteiger partial charge >= 0.3 is 6.61 Å². The number of piperidine rings is 1. The van der Waals surface area contributed by atoms with E-state index >= 15 is 0 Å². The molecule has 1 saturated heterocycles. The van der Waals surface area contributed by atoms with Gasteiger partial charge in [-0.2, -0.15) is 8.78 Å². The van der Waals surface area contributed by atoms with Gasteiger partial charge in [0.25, 0.3) is 5.91 Å². The van der Waals surface area contributed by atoms with Gasteiger partial charge in [0.2, 0.25) is 0 Å². The molecule has 1 aromatic carbocycles. The van der Waals surface area contributed by atoms with Gasteiger partial charge in [-0.25, -0.2) is 0 Å². The molecule has 23 heavy (non-hydrogen) atoms. The van der Waals surface area contributed by atoms with Crippen LogP contribution in [0, 0.1) is 5.41 Å². The molecule has 1 atom stereocenters. The molecule has 128 valence electrons. The number of alkyl halides is 2. The van der Waals surface area contributed by atoms with Gasteiger partial charge in [0.15, 0.2) is 11.5 Å². The zero-order valence-electron chi connectivity index (χ0n) is 13.5. The van der Waals surface area contributed by atoms with E-state index in [0.29, 0.717) is 18.7 Å². The van der Waals surface area contributed by atoms with E-state index in [1.54, 1.807) is 4.90 Å². The predicted molar refractivity (Wildman–Crippen MR) is 81.9 cm³/mol. The fraction of sp³-hybridized carbons (Fsp3) is 0.562. The Balaban J connectivity index is 2.19. The van der Waals surface area contributed by atoms with Gasteiger partial charge in [0.05, 0.1) is 7.11 Å². The average Bonchev–Trinajstić information content (AvgIpc) is 2.49. The summed E-state index contributed by atoms with van der Waals surface area (Å²) in [5, 5.41) is 0. The molecule has 0 aromatic heterocycles. The third-order valence-electron chi connectivity index (χ3n) is 4.23. The summed E-state index contributed by atoms with van der Waals surface area (Å²) in [6, 6.07) is 4.24. The smallest absolute Gasteiger partial charge is 0.387 e. The van der Waals surface area contributed by atoms with Gasteiger partial charge in [-0.1, -0.05) is 13.8 Å². The number of carbonyl (C=O) groups is 1. The van der Waals surface area contributed by atoms with Crippen molar-refractivity contribution < 1.29 is 23.0 Å². The standard InChI is InChI=1S/C16H22F2N2O3/c1-16(2)9-20(7-6-13(16)19)14(21)10-4-5-11(23-15(17)18)12(8-10)22-3/h4-5,8,13,15H,6-7,9,19H2,1-3H3. The van der Waals surface area contributed by atoms with E-state index in [2.05, 4.69) is 4.74 Å². The molecule has 0 spiro atoms. The van der Waals surface area contributed by atoms with Crippen LogP contribution < -0.4 is 15.2 Å². The maximum absolute atomic E-state index is 12.6. The summed E-state index contributed by atoms with van der Waals surface area (Å²) in [7, 11) is 1.34. The molecule has 1 heterocycles. The summed E-state index contributed by atoms with van der Waals surface area (Å²) in [5.74, 6) is -0.170. The largest absolute Gasteiger partial charge is 0.493 e. The number of methoxy groups -OCH3 is 1. The number of hydrogen-bond donors (Lipinski definition) is 1. The van der Waals surface area contributed by atoms with Crippen LogP contribution in [0.25, 0.3) is 0 Å². The van der Waals surface area contributed by atoms with Crippen LogP contribution in [0.3, 0.4) is 0 Å². The van der Waals surface area contributed by atoms with Crippen molar-refractivity contribution in [2.45, 2.75) is 32.9 Å². The van der Waals surface area contributed by atoms with Crippen LogP contribution in [0.4, 0.5) is 8.78 Å². The van der Waals surface area contributed by atoms with E-state index in [-0.39, 0.29) is 28.9 Å². The number of halogens is 2. The van der Waals surface area contributed by atoms with Crippen molar-refractivity contribution in [1.29, 1.82) is 0 Å². The highest BCUT2D eigenvalue weighted by atomic mass is 19.3. The number of amides is 1. The maximum Gasteiger partial charge on any atom is 0.387 e. The second kappa shape index (κ2) is 6.70. The maximum atomic E-state index is 12.6. The molecular formula is C16H22F2N2O3. The molecule has 1 fully saturated rings. The quantitative estimate of drug-likeness (QED) is 0.922. The molecule has 0 saturated carbocycles. The summed E-state index contributed by atoms with van der Waals surface area (Å²) >= 11 is 0. The number of nitrogens with zero attached hydrogens (tertiary/aromatic N) is 1. The van der Waals surface area contributed by atoms with E-state index in [1.165, 1.54) is 25.3 Å². The van der Waals surface area contributed by atoms with Crippen LogP contribution in [0.2, 0.25) is 0 Å². The van der Waals surface area contributed by atoms with Crippen molar-refractivity contribution in [2.75, 3.05) is 20.2 Å². The second-order valence-electron chi connectivity index (χ2n) is 6.35. The first-order valence-electron chi connectivity index (χ1n) is 7.42. The number of rotatable bonds is 4. The minimum atomic E-state index is -2.95. The molecule has 0 aliphatic carbocycles.